The first-order chi connectivity index (χ1) is 3.70. The Balaban J connectivity index is 2.56. The van der Waals surface area contributed by atoms with Crippen molar-refractivity contribution < 1.29 is 0 Å². The van der Waals surface area contributed by atoms with E-state index in [4.69, 9.17) is 11.6 Å². The van der Waals surface area contributed by atoms with Crippen molar-refractivity contribution in [1.29, 1.82) is 0 Å². The Morgan fingerprint density at radius 1 is 1.75 bits per heavy atom. The summed E-state index contributed by atoms with van der Waals surface area (Å²) in [5.41, 5.74) is 0. The van der Waals surface area contributed by atoms with Gasteiger partial charge in [0.05, 0.1) is 5.38 Å². The molecule has 2 unspecified atom stereocenters. The zero-order valence-electron chi connectivity index (χ0n) is 5.02. The van der Waals surface area contributed by atoms with E-state index in [1.807, 2.05) is 11.8 Å². The molecule has 0 radical (unpaired) electrons. The highest BCUT2D eigenvalue weighted by Crippen LogP contribution is 2.34. The van der Waals surface area contributed by atoms with Crippen LogP contribution in [0.15, 0.2) is 11.0 Å². The lowest BCUT2D eigenvalue weighted by Crippen LogP contribution is -2.03. The highest BCUT2D eigenvalue weighted by atomic mass is 35.5. The van der Waals surface area contributed by atoms with Crippen molar-refractivity contribution in [3.8, 4) is 0 Å². The van der Waals surface area contributed by atoms with Gasteiger partial charge in [0, 0.05) is 5.25 Å². The van der Waals surface area contributed by atoms with Crippen molar-refractivity contribution in [2.45, 2.75) is 24.5 Å². The van der Waals surface area contributed by atoms with Gasteiger partial charge < -0.3 is 0 Å². The molecule has 1 heterocycles. The van der Waals surface area contributed by atoms with Crippen LogP contribution in [0.1, 0.15) is 13.8 Å². The quantitative estimate of drug-likeness (QED) is 0.476. The highest BCUT2D eigenvalue weighted by molar-refractivity contribution is 8.04. The molecule has 1 rings (SSSR count). The molecule has 0 amide bonds. The number of alkyl halides is 1. The lowest BCUT2D eigenvalue weighted by Gasteiger charge is -2.02. The van der Waals surface area contributed by atoms with Gasteiger partial charge in [0.2, 0.25) is 0 Å². The summed E-state index contributed by atoms with van der Waals surface area (Å²) in [5.74, 6) is 0. The van der Waals surface area contributed by atoms with Crippen LogP contribution in [0, 0.1) is 0 Å². The van der Waals surface area contributed by atoms with Crippen molar-refractivity contribution in [3.63, 3.8) is 0 Å². The summed E-state index contributed by atoms with van der Waals surface area (Å²) in [4.78, 5) is 1.36. The van der Waals surface area contributed by atoms with Gasteiger partial charge in [-0.05, 0) is 11.8 Å². The van der Waals surface area contributed by atoms with Crippen LogP contribution in [-0.2, 0) is 0 Å². The Labute approximate surface area is 59.3 Å². The molecule has 1 aliphatic heterocycles. The fourth-order valence-corrected chi connectivity index (χ4v) is 2.20. The Bertz CT molecular complexity index is 120. The van der Waals surface area contributed by atoms with E-state index in [2.05, 4.69) is 19.9 Å². The molecule has 2 atom stereocenters. The molecule has 0 N–H and O–H groups in total. The molecule has 0 spiro atoms. The van der Waals surface area contributed by atoms with Crippen molar-refractivity contribution in [1.82, 2.24) is 0 Å². The van der Waals surface area contributed by atoms with Gasteiger partial charge in [0.1, 0.15) is 0 Å². The minimum atomic E-state index is 0.264. The topological polar surface area (TPSA) is 0 Å². The summed E-state index contributed by atoms with van der Waals surface area (Å²) in [6.07, 6.45) is 2.11. The van der Waals surface area contributed by atoms with Crippen LogP contribution in [-0.4, -0.2) is 10.6 Å². The minimum Gasteiger partial charge on any atom is -0.126 e. The van der Waals surface area contributed by atoms with Crippen LogP contribution in [0.25, 0.3) is 0 Å². The monoisotopic (exact) mass is 148 g/mol. The zero-order chi connectivity index (χ0) is 6.15. The molecule has 0 aromatic rings. The van der Waals surface area contributed by atoms with E-state index in [0.717, 1.165) is 0 Å². The molecule has 1 aliphatic rings. The van der Waals surface area contributed by atoms with Crippen LogP contribution in [0.5, 0.6) is 0 Å². The Hall–Kier alpha value is 0.380. The summed E-state index contributed by atoms with van der Waals surface area (Å²) in [6, 6.07) is 0. The summed E-state index contributed by atoms with van der Waals surface area (Å²) in [6.45, 7) is 4.25. The Morgan fingerprint density at radius 3 is 2.50 bits per heavy atom. The second kappa shape index (κ2) is 2.32. The molecular weight excluding hydrogens is 140 g/mol. The van der Waals surface area contributed by atoms with E-state index in [0.29, 0.717) is 5.25 Å². The fraction of sp³-hybridized carbons (Fsp3) is 0.667. The lowest BCUT2D eigenvalue weighted by molar-refractivity contribution is 1.01. The van der Waals surface area contributed by atoms with Crippen molar-refractivity contribution in [2.24, 2.45) is 0 Å². The normalized spacial score (nSPS) is 37.6. The van der Waals surface area contributed by atoms with Gasteiger partial charge in [-0.2, -0.15) is 0 Å². The molecule has 0 aliphatic carbocycles. The molecule has 0 saturated carbocycles. The van der Waals surface area contributed by atoms with Gasteiger partial charge in [0.25, 0.3) is 0 Å². The molecule has 0 nitrogen and oxygen atoms in total. The first-order valence-electron chi connectivity index (χ1n) is 2.69. The second-order valence-electron chi connectivity index (χ2n) is 2.04. The SMILES string of the molecule is CC1=CC(Cl)C(C)S1. The van der Waals surface area contributed by atoms with Gasteiger partial charge in [-0.1, -0.05) is 13.0 Å². The number of thioether (sulfide) groups is 1. The maximum Gasteiger partial charge on any atom is 0.0645 e. The highest BCUT2D eigenvalue weighted by Gasteiger charge is 2.19. The van der Waals surface area contributed by atoms with E-state index >= 15 is 0 Å². The first kappa shape index (κ1) is 6.50. The van der Waals surface area contributed by atoms with E-state index in [1.165, 1.54) is 4.91 Å². The number of rotatable bonds is 0. The summed E-state index contributed by atoms with van der Waals surface area (Å²) < 4.78 is 0. The minimum absolute atomic E-state index is 0.264. The Morgan fingerprint density at radius 2 is 2.38 bits per heavy atom. The van der Waals surface area contributed by atoms with Crippen LogP contribution in [0.2, 0.25) is 0 Å². The van der Waals surface area contributed by atoms with Crippen LogP contribution in [0.3, 0.4) is 0 Å². The third-order valence-corrected chi connectivity index (χ3v) is 3.04. The molecule has 0 bridgehead atoms. The van der Waals surface area contributed by atoms with Gasteiger partial charge in [0.15, 0.2) is 0 Å². The van der Waals surface area contributed by atoms with Crippen LogP contribution in [0.4, 0.5) is 0 Å². The second-order valence-corrected chi connectivity index (χ2v) is 4.17. The maximum atomic E-state index is 5.86. The third kappa shape index (κ3) is 1.20. The van der Waals surface area contributed by atoms with E-state index in [1.54, 1.807) is 0 Å². The number of hydrogen-bond acceptors (Lipinski definition) is 1. The van der Waals surface area contributed by atoms with Crippen molar-refractivity contribution in [3.05, 3.63) is 11.0 Å². The Kier molecular flexibility index (Phi) is 1.88. The van der Waals surface area contributed by atoms with E-state index in [9.17, 15) is 0 Å². The van der Waals surface area contributed by atoms with Crippen LogP contribution < -0.4 is 0 Å². The predicted octanol–water partition coefficient (Wildman–Crippen LogP) is 2.63. The number of hydrogen-bond donors (Lipinski definition) is 0. The lowest BCUT2D eigenvalue weighted by atomic mass is 10.3. The molecule has 46 valence electrons. The molecule has 8 heavy (non-hydrogen) atoms. The summed E-state index contributed by atoms with van der Waals surface area (Å²) >= 11 is 7.72. The standard InChI is InChI=1S/C6H9ClS/c1-4-3-6(7)5(2)8-4/h3,5-6H,1-2H3. The van der Waals surface area contributed by atoms with E-state index < -0.39 is 0 Å². The van der Waals surface area contributed by atoms with Gasteiger partial charge in [-0.3, -0.25) is 0 Å². The average molecular weight is 149 g/mol. The van der Waals surface area contributed by atoms with Gasteiger partial charge in [-0.25, -0.2) is 0 Å². The third-order valence-electron chi connectivity index (χ3n) is 1.21. The molecule has 0 fully saturated rings. The van der Waals surface area contributed by atoms with Gasteiger partial charge >= 0.3 is 0 Å². The first-order valence-corrected chi connectivity index (χ1v) is 4.01. The predicted molar refractivity (Wildman–Crippen MR) is 40.5 cm³/mol. The smallest absolute Gasteiger partial charge is 0.0645 e. The van der Waals surface area contributed by atoms with E-state index in [-0.39, 0.29) is 5.38 Å². The maximum absolute atomic E-state index is 5.86. The zero-order valence-corrected chi connectivity index (χ0v) is 6.59. The molecule has 0 aromatic heterocycles. The van der Waals surface area contributed by atoms with Gasteiger partial charge in [-0.15, -0.1) is 23.4 Å². The summed E-state index contributed by atoms with van der Waals surface area (Å²) in [5, 5.41) is 0.844. The molecule has 0 saturated heterocycles. The molecular formula is C6H9ClS. The number of halogens is 1. The van der Waals surface area contributed by atoms with Crippen LogP contribution >= 0.6 is 23.4 Å². The average Bonchev–Trinajstić information content (AvgIpc) is 1.85. The fourth-order valence-electron chi connectivity index (χ4n) is 0.757. The number of allylic oxidation sites excluding steroid dienone is 2. The molecule has 2 heteroatoms. The largest absolute Gasteiger partial charge is 0.126 e. The van der Waals surface area contributed by atoms with Crippen molar-refractivity contribution >= 4 is 23.4 Å². The molecule has 0 aromatic carbocycles. The van der Waals surface area contributed by atoms with Crippen molar-refractivity contribution in [2.75, 3.05) is 0 Å². The summed E-state index contributed by atoms with van der Waals surface area (Å²) in [7, 11) is 0.